The van der Waals surface area contributed by atoms with Gasteiger partial charge in [-0.05, 0) is 73.8 Å². The van der Waals surface area contributed by atoms with Crippen LogP contribution in [0.25, 0.3) is 11.1 Å². The van der Waals surface area contributed by atoms with Crippen LogP contribution in [0.4, 0.5) is 0 Å². The standard InChI is InChI=1S/C25H24N2O4S/c1-16-11-19(27-14-21(16)17-3-6-20(7-4-17)32(29)26-2)13-24(28)25(9-10-25)18-5-8-22-23(12-18)31-15-30-22/h3-8,11-12,14,26H,9-10,13,15H2,1-2H3. The average Bonchev–Trinajstić information content (AvgIpc) is 3.49. The molecule has 0 bridgehead atoms. The molecule has 7 heteroatoms. The summed E-state index contributed by atoms with van der Waals surface area (Å²) in [5, 5.41) is 0. The van der Waals surface area contributed by atoms with E-state index >= 15 is 0 Å². The molecule has 1 aliphatic heterocycles. The quantitative estimate of drug-likeness (QED) is 0.594. The van der Waals surface area contributed by atoms with Crippen LogP contribution in [-0.4, -0.2) is 28.8 Å². The van der Waals surface area contributed by atoms with E-state index in [4.69, 9.17) is 9.47 Å². The van der Waals surface area contributed by atoms with Crippen LogP contribution in [-0.2, 0) is 27.6 Å². The first-order valence-electron chi connectivity index (χ1n) is 10.6. The van der Waals surface area contributed by atoms with Crippen LogP contribution in [0.3, 0.4) is 0 Å². The zero-order valence-electron chi connectivity index (χ0n) is 18.0. The lowest BCUT2D eigenvalue weighted by Crippen LogP contribution is -2.23. The van der Waals surface area contributed by atoms with Gasteiger partial charge < -0.3 is 9.47 Å². The van der Waals surface area contributed by atoms with Crippen LogP contribution in [0.2, 0.25) is 0 Å². The number of fused-ring (bicyclic) bond motifs is 1. The summed E-state index contributed by atoms with van der Waals surface area (Å²) in [7, 11) is 0.456. The number of nitrogens with one attached hydrogen (secondary N) is 1. The Morgan fingerprint density at radius 3 is 2.53 bits per heavy atom. The molecule has 3 aromatic rings. The predicted octanol–water partition coefficient (Wildman–Crippen LogP) is 3.87. The molecule has 2 aromatic carbocycles. The molecule has 1 aromatic heterocycles. The van der Waals surface area contributed by atoms with Crippen molar-refractivity contribution in [3.05, 3.63) is 71.5 Å². The van der Waals surface area contributed by atoms with Gasteiger partial charge in [-0.25, -0.2) is 8.93 Å². The van der Waals surface area contributed by atoms with E-state index in [-0.39, 0.29) is 12.6 Å². The molecule has 1 atom stereocenters. The molecule has 5 rings (SSSR count). The molecule has 1 fully saturated rings. The maximum absolute atomic E-state index is 13.2. The first kappa shape index (κ1) is 20.8. The minimum atomic E-state index is -1.21. The molecular weight excluding hydrogens is 424 g/mol. The lowest BCUT2D eigenvalue weighted by molar-refractivity contribution is -0.120. The highest BCUT2D eigenvalue weighted by Crippen LogP contribution is 2.51. The molecule has 164 valence electrons. The number of Topliss-reactive ketones (excluding diaryl/α,β-unsaturated/α-hetero) is 1. The van der Waals surface area contributed by atoms with E-state index in [0.717, 1.165) is 51.4 Å². The third-order valence-corrected chi connectivity index (χ3v) is 7.35. The Morgan fingerprint density at radius 1 is 1.09 bits per heavy atom. The van der Waals surface area contributed by atoms with Crippen LogP contribution >= 0.6 is 0 Å². The van der Waals surface area contributed by atoms with Crippen molar-refractivity contribution < 1.29 is 18.5 Å². The highest BCUT2D eigenvalue weighted by atomic mass is 32.2. The minimum absolute atomic E-state index is 0.190. The Morgan fingerprint density at radius 2 is 1.84 bits per heavy atom. The Hall–Kier alpha value is -3.03. The van der Waals surface area contributed by atoms with Gasteiger partial charge in [-0.2, -0.15) is 0 Å². The topological polar surface area (TPSA) is 77.5 Å². The number of carbonyl (C=O) groups excluding carboxylic acids is 1. The summed E-state index contributed by atoms with van der Waals surface area (Å²) in [5.74, 6) is 1.63. The van der Waals surface area contributed by atoms with Crippen molar-refractivity contribution in [2.24, 2.45) is 0 Å². The van der Waals surface area contributed by atoms with Gasteiger partial charge in [-0.15, -0.1) is 0 Å². The third-order valence-electron chi connectivity index (χ3n) is 6.28. The summed E-state index contributed by atoms with van der Waals surface area (Å²) in [6.45, 7) is 2.25. The van der Waals surface area contributed by atoms with E-state index in [9.17, 15) is 9.00 Å². The largest absolute Gasteiger partial charge is 0.454 e. The van der Waals surface area contributed by atoms with E-state index in [1.54, 1.807) is 7.05 Å². The van der Waals surface area contributed by atoms with Gasteiger partial charge in [0.05, 0.1) is 10.3 Å². The van der Waals surface area contributed by atoms with Crippen molar-refractivity contribution in [3.63, 3.8) is 0 Å². The average molecular weight is 449 g/mol. The summed E-state index contributed by atoms with van der Waals surface area (Å²) in [6, 6.07) is 15.4. The van der Waals surface area contributed by atoms with Crippen LogP contribution in [0.15, 0.2) is 59.6 Å². The van der Waals surface area contributed by atoms with E-state index in [1.807, 2.05) is 61.7 Å². The number of ketones is 1. The molecule has 1 N–H and O–H groups in total. The number of hydrogen-bond acceptors (Lipinski definition) is 5. The normalized spacial score (nSPS) is 16.6. The van der Waals surface area contributed by atoms with Crippen LogP contribution in [0, 0.1) is 6.92 Å². The number of aromatic nitrogens is 1. The molecule has 0 amide bonds. The Bertz CT molecular complexity index is 1220. The third kappa shape index (κ3) is 3.72. The maximum atomic E-state index is 13.2. The molecule has 6 nitrogen and oxygen atoms in total. The first-order valence-corrected chi connectivity index (χ1v) is 11.7. The first-order chi connectivity index (χ1) is 15.5. The van der Waals surface area contributed by atoms with E-state index < -0.39 is 16.4 Å². The zero-order valence-corrected chi connectivity index (χ0v) is 18.8. The Kier molecular flexibility index (Phi) is 5.31. The number of hydrogen-bond donors (Lipinski definition) is 1. The van der Waals surface area contributed by atoms with Crippen molar-refractivity contribution in [3.8, 4) is 22.6 Å². The molecule has 1 saturated carbocycles. The SMILES string of the molecule is CNS(=O)c1ccc(-c2cnc(CC(=O)C3(c4ccc5c(c4)OCO5)CC3)cc2C)cc1. The Balaban J connectivity index is 1.33. The van der Waals surface area contributed by atoms with E-state index in [1.165, 1.54) is 0 Å². The maximum Gasteiger partial charge on any atom is 0.231 e. The van der Waals surface area contributed by atoms with Crippen LogP contribution in [0.5, 0.6) is 11.5 Å². The lowest BCUT2D eigenvalue weighted by Gasteiger charge is -2.15. The van der Waals surface area contributed by atoms with Gasteiger partial charge in [0.2, 0.25) is 6.79 Å². The van der Waals surface area contributed by atoms with Gasteiger partial charge in [-0.3, -0.25) is 9.78 Å². The van der Waals surface area contributed by atoms with Crippen LogP contribution < -0.4 is 14.2 Å². The van der Waals surface area contributed by atoms with Gasteiger partial charge >= 0.3 is 0 Å². The molecule has 0 spiro atoms. The molecule has 0 radical (unpaired) electrons. The predicted molar refractivity (Wildman–Crippen MR) is 122 cm³/mol. The zero-order chi connectivity index (χ0) is 22.3. The van der Waals surface area contributed by atoms with Gasteiger partial charge in [0, 0.05) is 23.9 Å². The number of aryl methyl sites for hydroxylation is 1. The number of carbonyl (C=O) groups is 1. The summed E-state index contributed by atoms with van der Waals surface area (Å²) < 4.78 is 25.5. The lowest BCUT2D eigenvalue weighted by atomic mass is 9.88. The molecule has 32 heavy (non-hydrogen) atoms. The highest BCUT2D eigenvalue weighted by molar-refractivity contribution is 7.83. The van der Waals surface area contributed by atoms with Crippen molar-refractivity contribution in [2.75, 3.05) is 13.8 Å². The van der Waals surface area contributed by atoms with Crippen molar-refractivity contribution >= 4 is 16.8 Å². The molecule has 2 aliphatic rings. The van der Waals surface area contributed by atoms with Crippen LogP contribution in [0.1, 0.15) is 29.7 Å². The molecular formula is C25H24N2O4S. The fourth-order valence-corrected chi connectivity index (χ4v) is 4.89. The molecule has 2 heterocycles. The van der Waals surface area contributed by atoms with Crippen molar-refractivity contribution in [1.29, 1.82) is 0 Å². The van der Waals surface area contributed by atoms with Crippen molar-refractivity contribution in [1.82, 2.24) is 9.71 Å². The summed E-state index contributed by atoms with van der Waals surface area (Å²) in [5.41, 5.74) is 4.39. The fraction of sp³-hybridized carbons (Fsp3) is 0.280. The second-order valence-electron chi connectivity index (χ2n) is 8.24. The molecule has 1 unspecified atom stereocenters. The number of nitrogens with zero attached hydrogens (tertiary/aromatic N) is 1. The summed E-state index contributed by atoms with van der Waals surface area (Å²) in [4.78, 5) is 18.6. The molecule has 0 saturated heterocycles. The van der Waals surface area contributed by atoms with Gasteiger partial charge in [0.1, 0.15) is 16.8 Å². The number of ether oxygens (including phenoxy) is 2. The summed E-state index contributed by atoms with van der Waals surface area (Å²) >= 11 is 0. The second-order valence-corrected chi connectivity index (χ2v) is 9.66. The minimum Gasteiger partial charge on any atom is -0.454 e. The highest BCUT2D eigenvalue weighted by Gasteiger charge is 2.51. The van der Waals surface area contributed by atoms with Crippen molar-refractivity contribution in [2.45, 2.75) is 36.5 Å². The van der Waals surface area contributed by atoms with Gasteiger partial charge in [0.15, 0.2) is 11.5 Å². The van der Waals surface area contributed by atoms with Gasteiger partial charge in [-0.1, -0.05) is 18.2 Å². The van der Waals surface area contributed by atoms with Gasteiger partial charge in [0.25, 0.3) is 0 Å². The monoisotopic (exact) mass is 448 g/mol. The Labute approximate surface area is 189 Å². The fourth-order valence-electron chi connectivity index (χ4n) is 4.27. The number of pyridine rings is 1. The number of benzene rings is 2. The van der Waals surface area contributed by atoms with E-state index in [0.29, 0.717) is 12.2 Å². The van der Waals surface area contributed by atoms with E-state index in [2.05, 4.69) is 9.71 Å². The summed E-state index contributed by atoms with van der Waals surface area (Å²) in [6.07, 6.45) is 3.82. The smallest absolute Gasteiger partial charge is 0.231 e. The molecule has 1 aliphatic carbocycles. The second kappa shape index (κ2) is 8.15. The number of rotatable bonds is 7.